The molecule has 35 heavy (non-hydrogen) atoms. The number of carbonyl (C=O) groups is 1. The van der Waals surface area contributed by atoms with Gasteiger partial charge in [-0.05, 0) is 48.6 Å². The number of benzene rings is 3. The van der Waals surface area contributed by atoms with E-state index in [0.29, 0.717) is 24.0 Å². The standard InChI is InChI=1S/C27H25N3O5/c1-2-35-24-15-18(13-22(27(24)32)30(33)34)26-25-21(28-19-10-6-7-11-20(19)29-26)12-17(14-23(25)31)16-8-4-3-5-9-16/h3-11,13,15,17,26,28-29,32H,2,12,14H2,1H3/p-1/t17-,26-/m1/s1. The molecule has 0 fully saturated rings. The Morgan fingerprint density at radius 2 is 1.71 bits per heavy atom. The highest BCUT2D eigenvalue weighted by atomic mass is 16.6. The number of nitrogens with one attached hydrogen (secondary N) is 2. The van der Waals surface area contributed by atoms with E-state index in [9.17, 15) is 20.0 Å². The van der Waals surface area contributed by atoms with Gasteiger partial charge in [-0.25, -0.2) is 0 Å². The van der Waals surface area contributed by atoms with Crippen molar-refractivity contribution in [3.05, 3.63) is 99.2 Å². The number of Topliss-reactive ketones (excluding diaryl/α,β-unsaturated/α-hetero) is 1. The molecule has 8 nitrogen and oxygen atoms in total. The van der Waals surface area contributed by atoms with Gasteiger partial charge in [0.2, 0.25) is 0 Å². The van der Waals surface area contributed by atoms with E-state index < -0.39 is 22.4 Å². The lowest BCUT2D eigenvalue weighted by Crippen LogP contribution is -2.27. The molecule has 178 valence electrons. The van der Waals surface area contributed by atoms with Crippen LogP contribution in [0, 0.1) is 10.1 Å². The fraction of sp³-hybridized carbons (Fsp3) is 0.222. The summed E-state index contributed by atoms with van der Waals surface area (Å²) in [5, 5.41) is 31.1. The molecule has 2 atom stereocenters. The first kappa shape index (κ1) is 22.5. The third-order valence-corrected chi connectivity index (χ3v) is 6.47. The number of hydrogen-bond acceptors (Lipinski definition) is 7. The summed E-state index contributed by atoms with van der Waals surface area (Å²) in [6.45, 7) is 1.89. The zero-order chi connectivity index (χ0) is 24.5. The summed E-state index contributed by atoms with van der Waals surface area (Å²) in [5.74, 6) is -0.916. The zero-order valence-electron chi connectivity index (χ0n) is 19.1. The van der Waals surface area contributed by atoms with Gasteiger partial charge in [-0.2, -0.15) is 0 Å². The Kier molecular flexibility index (Phi) is 5.86. The van der Waals surface area contributed by atoms with Gasteiger partial charge in [0.1, 0.15) is 5.75 Å². The van der Waals surface area contributed by atoms with Crippen LogP contribution >= 0.6 is 0 Å². The third-order valence-electron chi connectivity index (χ3n) is 6.47. The topological polar surface area (TPSA) is 117 Å². The first-order valence-electron chi connectivity index (χ1n) is 11.5. The number of nitro groups is 1. The van der Waals surface area contributed by atoms with Crippen molar-refractivity contribution in [1.29, 1.82) is 0 Å². The van der Waals surface area contributed by atoms with Crippen molar-refractivity contribution < 1.29 is 19.6 Å². The maximum absolute atomic E-state index is 13.6. The highest BCUT2D eigenvalue weighted by Crippen LogP contribution is 2.46. The first-order chi connectivity index (χ1) is 17.0. The number of hydrogen-bond donors (Lipinski definition) is 2. The molecule has 0 bridgehead atoms. The van der Waals surface area contributed by atoms with Crippen LogP contribution in [0.15, 0.2) is 78.0 Å². The maximum atomic E-state index is 13.6. The minimum absolute atomic E-state index is 0.0122. The molecule has 0 saturated carbocycles. The Hall–Kier alpha value is -4.33. The number of fused-ring (bicyclic) bond motifs is 1. The fourth-order valence-electron chi connectivity index (χ4n) is 4.88. The van der Waals surface area contributed by atoms with Crippen LogP contribution in [0.25, 0.3) is 0 Å². The van der Waals surface area contributed by atoms with Crippen molar-refractivity contribution in [2.24, 2.45) is 0 Å². The Labute approximate surface area is 202 Å². The minimum Gasteiger partial charge on any atom is -0.865 e. The van der Waals surface area contributed by atoms with Crippen molar-refractivity contribution in [3.63, 3.8) is 0 Å². The normalized spacial score (nSPS) is 19.1. The number of anilines is 2. The lowest BCUT2D eigenvalue weighted by Gasteiger charge is -2.30. The fourth-order valence-corrected chi connectivity index (χ4v) is 4.88. The van der Waals surface area contributed by atoms with E-state index >= 15 is 0 Å². The van der Waals surface area contributed by atoms with E-state index in [2.05, 4.69) is 10.6 Å². The predicted molar refractivity (Wildman–Crippen MR) is 131 cm³/mol. The first-order valence-corrected chi connectivity index (χ1v) is 11.5. The van der Waals surface area contributed by atoms with Crippen LogP contribution in [0.2, 0.25) is 0 Å². The van der Waals surface area contributed by atoms with Crippen molar-refractivity contribution in [2.45, 2.75) is 31.7 Å². The van der Waals surface area contributed by atoms with Crippen LogP contribution in [0.1, 0.15) is 42.9 Å². The number of para-hydroxylation sites is 2. The Balaban J connectivity index is 1.66. The van der Waals surface area contributed by atoms with E-state index in [0.717, 1.165) is 22.6 Å². The average Bonchev–Trinajstić information content (AvgIpc) is 3.02. The summed E-state index contributed by atoms with van der Waals surface area (Å²) < 4.78 is 5.44. The summed E-state index contributed by atoms with van der Waals surface area (Å²) in [5.41, 5.74) is 3.78. The molecule has 1 aliphatic carbocycles. The predicted octanol–water partition coefficient (Wildman–Crippen LogP) is 5.05. The second-order valence-corrected chi connectivity index (χ2v) is 8.64. The largest absolute Gasteiger partial charge is 0.865 e. The number of ketones is 1. The summed E-state index contributed by atoms with van der Waals surface area (Å²) >= 11 is 0. The smallest absolute Gasteiger partial charge is 0.265 e. The van der Waals surface area contributed by atoms with Crippen LogP contribution in [0.4, 0.5) is 17.1 Å². The van der Waals surface area contributed by atoms with Gasteiger partial charge in [0.15, 0.2) is 5.78 Å². The number of nitro benzene ring substituents is 1. The molecule has 1 aliphatic heterocycles. The van der Waals surface area contributed by atoms with E-state index in [1.54, 1.807) is 6.92 Å². The van der Waals surface area contributed by atoms with Crippen molar-refractivity contribution in [2.75, 3.05) is 17.2 Å². The molecule has 0 spiro atoms. The van der Waals surface area contributed by atoms with E-state index in [1.165, 1.54) is 12.1 Å². The summed E-state index contributed by atoms with van der Waals surface area (Å²) in [4.78, 5) is 24.6. The third kappa shape index (κ3) is 4.19. The molecule has 0 saturated heterocycles. The Morgan fingerprint density at radius 1 is 1.00 bits per heavy atom. The lowest BCUT2D eigenvalue weighted by molar-refractivity contribution is -0.398. The molecule has 8 heteroatoms. The van der Waals surface area contributed by atoms with Gasteiger partial charge >= 0.3 is 0 Å². The number of carbonyl (C=O) groups excluding carboxylic acids is 1. The second-order valence-electron chi connectivity index (χ2n) is 8.64. The highest BCUT2D eigenvalue weighted by molar-refractivity contribution is 6.01. The van der Waals surface area contributed by atoms with Crippen molar-refractivity contribution in [3.8, 4) is 11.5 Å². The molecule has 0 radical (unpaired) electrons. The van der Waals surface area contributed by atoms with Gasteiger partial charge in [0.05, 0.1) is 28.9 Å². The molecule has 3 aromatic carbocycles. The van der Waals surface area contributed by atoms with Crippen LogP contribution in [-0.2, 0) is 4.79 Å². The SMILES string of the molecule is CCOc1cc([C@H]2Nc3ccccc3NC3=C2C(=O)C[C@H](c2ccccc2)C3)cc([N+](=O)[O-])c1[O-]. The van der Waals surface area contributed by atoms with Crippen molar-refractivity contribution >= 4 is 22.8 Å². The Morgan fingerprint density at radius 3 is 2.43 bits per heavy atom. The number of rotatable bonds is 5. The molecular formula is C27H24N3O5-. The van der Waals surface area contributed by atoms with Crippen LogP contribution in [0.3, 0.4) is 0 Å². The molecule has 0 amide bonds. The monoisotopic (exact) mass is 470 g/mol. The molecule has 0 aromatic heterocycles. The van der Waals surface area contributed by atoms with Gasteiger partial charge in [-0.1, -0.05) is 42.5 Å². The summed E-state index contributed by atoms with van der Waals surface area (Å²) in [6.07, 6.45) is 0.927. The molecule has 2 aliphatic rings. The maximum Gasteiger partial charge on any atom is 0.265 e. The summed E-state index contributed by atoms with van der Waals surface area (Å²) in [7, 11) is 0. The van der Waals surface area contributed by atoms with Gasteiger partial charge in [-0.15, -0.1) is 0 Å². The van der Waals surface area contributed by atoms with E-state index in [-0.39, 0.29) is 24.1 Å². The molecule has 1 heterocycles. The quantitative estimate of drug-likeness (QED) is 0.396. The number of nitrogens with zero attached hydrogens (tertiary/aromatic N) is 1. The highest BCUT2D eigenvalue weighted by Gasteiger charge is 2.36. The van der Waals surface area contributed by atoms with Gasteiger partial charge in [-0.3, -0.25) is 14.9 Å². The van der Waals surface area contributed by atoms with Crippen LogP contribution in [-0.4, -0.2) is 17.3 Å². The molecule has 5 rings (SSSR count). The van der Waals surface area contributed by atoms with Gasteiger partial charge in [0.25, 0.3) is 5.69 Å². The van der Waals surface area contributed by atoms with Crippen LogP contribution < -0.4 is 20.5 Å². The molecule has 3 aromatic rings. The van der Waals surface area contributed by atoms with E-state index in [4.69, 9.17) is 4.74 Å². The van der Waals surface area contributed by atoms with Gasteiger partial charge in [0, 0.05) is 29.5 Å². The second kappa shape index (κ2) is 9.13. The minimum atomic E-state index is -0.777. The lowest BCUT2D eigenvalue weighted by atomic mass is 9.78. The van der Waals surface area contributed by atoms with Crippen molar-refractivity contribution in [1.82, 2.24) is 0 Å². The molecule has 0 unspecified atom stereocenters. The van der Waals surface area contributed by atoms with E-state index in [1.807, 2.05) is 54.6 Å². The zero-order valence-corrected chi connectivity index (χ0v) is 19.1. The Bertz CT molecular complexity index is 1340. The number of allylic oxidation sites excluding steroid dienone is 1. The van der Waals surface area contributed by atoms with Gasteiger partial charge < -0.3 is 20.5 Å². The molecule has 2 N–H and O–H groups in total. The summed E-state index contributed by atoms with van der Waals surface area (Å²) in [6, 6.07) is 19.5. The molecular weight excluding hydrogens is 446 g/mol. The van der Waals surface area contributed by atoms with Crippen LogP contribution in [0.5, 0.6) is 11.5 Å². The average molecular weight is 471 g/mol. The number of ether oxygens (including phenoxy) is 1.